The molecule has 0 atom stereocenters. The molecule has 3 rings (SSSR count). The molecular formula is C24H22N2O3. The van der Waals surface area contributed by atoms with Gasteiger partial charge in [-0.15, -0.1) is 0 Å². The highest BCUT2D eigenvalue weighted by Crippen LogP contribution is 2.24. The summed E-state index contributed by atoms with van der Waals surface area (Å²) >= 11 is 0. The summed E-state index contributed by atoms with van der Waals surface area (Å²) in [6.07, 6.45) is 1.60. The largest absolute Gasteiger partial charge is 0.489 e. The normalized spacial score (nSPS) is 10.2. The van der Waals surface area contributed by atoms with Gasteiger partial charge in [0, 0.05) is 0 Å². The minimum Gasteiger partial charge on any atom is -0.489 e. The summed E-state index contributed by atoms with van der Waals surface area (Å²) < 4.78 is 5.51. The molecule has 5 heteroatoms. The first-order chi connectivity index (χ1) is 14.2. The van der Waals surface area contributed by atoms with E-state index in [1.165, 1.54) is 0 Å². The molecule has 2 N–H and O–H groups in total. The predicted molar refractivity (Wildman–Crippen MR) is 112 cm³/mol. The molecular weight excluding hydrogens is 364 g/mol. The number of amides is 2. The first-order valence-corrected chi connectivity index (χ1v) is 9.23. The topological polar surface area (TPSA) is 67.4 Å². The molecule has 29 heavy (non-hydrogen) atoms. The van der Waals surface area contributed by atoms with Crippen molar-refractivity contribution in [1.82, 2.24) is 10.9 Å². The van der Waals surface area contributed by atoms with E-state index in [0.29, 0.717) is 11.3 Å². The van der Waals surface area contributed by atoms with Gasteiger partial charge in [0.15, 0.2) is 0 Å². The van der Waals surface area contributed by atoms with Crippen molar-refractivity contribution in [3.8, 4) is 5.75 Å². The van der Waals surface area contributed by atoms with E-state index in [-0.39, 0.29) is 12.5 Å². The molecule has 0 spiro atoms. The van der Waals surface area contributed by atoms with Crippen LogP contribution in [-0.2, 0) is 4.79 Å². The molecule has 0 bridgehead atoms. The molecule has 0 fully saturated rings. The SMILES string of the molecule is C=CCOc1ccccc1C(=O)NNC(=O)C(c1ccccc1)c1ccccc1. The second-order valence-corrected chi connectivity index (χ2v) is 6.29. The van der Waals surface area contributed by atoms with Crippen LogP contribution in [0.4, 0.5) is 0 Å². The quantitative estimate of drug-likeness (QED) is 0.479. The first-order valence-electron chi connectivity index (χ1n) is 9.23. The van der Waals surface area contributed by atoms with E-state index in [1.54, 1.807) is 30.3 Å². The number of para-hydroxylation sites is 1. The second-order valence-electron chi connectivity index (χ2n) is 6.29. The van der Waals surface area contributed by atoms with Gasteiger partial charge in [0.1, 0.15) is 12.4 Å². The Bertz CT molecular complexity index is 932. The summed E-state index contributed by atoms with van der Waals surface area (Å²) in [5.41, 5.74) is 7.03. The lowest BCUT2D eigenvalue weighted by molar-refractivity contribution is -0.122. The summed E-state index contributed by atoms with van der Waals surface area (Å²) in [6, 6.07) is 25.7. The van der Waals surface area contributed by atoms with E-state index in [1.807, 2.05) is 60.7 Å². The Morgan fingerprint density at radius 3 is 1.97 bits per heavy atom. The summed E-state index contributed by atoms with van der Waals surface area (Å²) in [7, 11) is 0. The summed E-state index contributed by atoms with van der Waals surface area (Å²) in [5.74, 6) is -0.926. The molecule has 5 nitrogen and oxygen atoms in total. The number of carbonyl (C=O) groups is 2. The zero-order chi connectivity index (χ0) is 20.5. The summed E-state index contributed by atoms with van der Waals surface area (Å²) in [6.45, 7) is 3.88. The van der Waals surface area contributed by atoms with Crippen LogP contribution in [0, 0.1) is 0 Å². The summed E-state index contributed by atoms with van der Waals surface area (Å²) in [4.78, 5) is 25.6. The molecule has 0 radical (unpaired) electrons. The van der Waals surface area contributed by atoms with E-state index >= 15 is 0 Å². The Labute approximate surface area is 170 Å². The van der Waals surface area contributed by atoms with Gasteiger partial charge in [0.05, 0.1) is 11.5 Å². The molecule has 0 aliphatic rings. The standard InChI is InChI=1S/C24H22N2O3/c1-2-17-29-21-16-10-9-15-20(21)23(27)25-26-24(28)22(18-11-5-3-6-12-18)19-13-7-4-8-14-19/h2-16,22H,1,17H2,(H,25,27)(H,26,28). The zero-order valence-corrected chi connectivity index (χ0v) is 15.9. The molecule has 146 valence electrons. The lowest BCUT2D eigenvalue weighted by Crippen LogP contribution is -2.44. The fraction of sp³-hybridized carbons (Fsp3) is 0.0833. The maximum atomic E-state index is 13.0. The van der Waals surface area contributed by atoms with Crippen LogP contribution in [0.15, 0.2) is 97.6 Å². The molecule has 0 aliphatic carbocycles. The van der Waals surface area contributed by atoms with Gasteiger partial charge in [0.25, 0.3) is 5.91 Å². The van der Waals surface area contributed by atoms with Crippen LogP contribution in [0.3, 0.4) is 0 Å². The van der Waals surface area contributed by atoms with Crippen molar-refractivity contribution in [3.63, 3.8) is 0 Å². The molecule has 3 aromatic rings. The molecule has 0 saturated heterocycles. The van der Waals surface area contributed by atoms with E-state index in [4.69, 9.17) is 4.74 Å². The molecule has 0 unspecified atom stereocenters. The highest BCUT2D eigenvalue weighted by atomic mass is 16.5. The number of hydrazine groups is 1. The Hall–Kier alpha value is -3.86. The third-order valence-electron chi connectivity index (χ3n) is 4.32. The van der Waals surface area contributed by atoms with Crippen molar-refractivity contribution in [2.75, 3.05) is 6.61 Å². The van der Waals surface area contributed by atoms with Gasteiger partial charge in [0.2, 0.25) is 5.91 Å². The average molecular weight is 386 g/mol. The number of hydrogen-bond donors (Lipinski definition) is 2. The number of nitrogens with one attached hydrogen (secondary N) is 2. The Balaban J connectivity index is 1.76. The average Bonchev–Trinajstić information content (AvgIpc) is 2.78. The third-order valence-corrected chi connectivity index (χ3v) is 4.32. The van der Waals surface area contributed by atoms with Gasteiger partial charge in [-0.25, -0.2) is 0 Å². The van der Waals surface area contributed by atoms with Crippen molar-refractivity contribution >= 4 is 11.8 Å². The van der Waals surface area contributed by atoms with Crippen LogP contribution >= 0.6 is 0 Å². The van der Waals surface area contributed by atoms with Crippen molar-refractivity contribution in [1.29, 1.82) is 0 Å². The van der Waals surface area contributed by atoms with Gasteiger partial charge in [-0.1, -0.05) is 85.5 Å². The van der Waals surface area contributed by atoms with Crippen LogP contribution in [0.1, 0.15) is 27.4 Å². The lowest BCUT2D eigenvalue weighted by Gasteiger charge is -2.18. The number of benzene rings is 3. The van der Waals surface area contributed by atoms with E-state index in [2.05, 4.69) is 17.4 Å². The number of rotatable bonds is 7. The van der Waals surface area contributed by atoms with Crippen LogP contribution in [-0.4, -0.2) is 18.4 Å². The highest BCUT2D eigenvalue weighted by Gasteiger charge is 2.23. The predicted octanol–water partition coefficient (Wildman–Crippen LogP) is 3.84. The summed E-state index contributed by atoms with van der Waals surface area (Å²) in [5, 5.41) is 0. The van der Waals surface area contributed by atoms with E-state index in [9.17, 15) is 9.59 Å². The van der Waals surface area contributed by atoms with Gasteiger partial charge in [-0.3, -0.25) is 20.4 Å². The van der Waals surface area contributed by atoms with Gasteiger partial charge < -0.3 is 4.74 Å². The molecule has 0 aliphatic heterocycles. The Morgan fingerprint density at radius 1 is 0.828 bits per heavy atom. The Kier molecular flexibility index (Phi) is 6.79. The number of carbonyl (C=O) groups excluding carboxylic acids is 2. The molecule has 3 aromatic carbocycles. The minimum atomic E-state index is -0.551. The molecule has 0 saturated carbocycles. The van der Waals surface area contributed by atoms with Gasteiger partial charge in [-0.05, 0) is 23.3 Å². The minimum absolute atomic E-state index is 0.279. The van der Waals surface area contributed by atoms with Crippen molar-refractivity contribution in [2.24, 2.45) is 0 Å². The lowest BCUT2D eigenvalue weighted by atomic mass is 9.91. The maximum absolute atomic E-state index is 13.0. The van der Waals surface area contributed by atoms with E-state index < -0.39 is 11.8 Å². The number of ether oxygens (including phenoxy) is 1. The van der Waals surface area contributed by atoms with Crippen LogP contribution < -0.4 is 15.6 Å². The fourth-order valence-electron chi connectivity index (χ4n) is 2.97. The highest BCUT2D eigenvalue weighted by molar-refractivity contribution is 5.98. The van der Waals surface area contributed by atoms with Crippen molar-refractivity contribution in [2.45, 2.75) is 5.92 Å². The Morgan fingerprint density at radius 2 is 1.38 bits per heavy atom. The fourth-order valence-corrected chi connectivity index (χ4v) is 2.97. The third kappa shape index (κ3) is 5.11. The van der Waals surface area contributed by atoms with Crippen molar-refractivity contribution in [3.05, 3.63) is 114 Å². The number of hydrogen-bond acceptors (Lipinski definition) is 3. The van der Waals surface area contributed by atoms with Crippen LogP contribution in [0.5, 0.6) is 5.75 Å². The van der Waals surface area contributed by atoms with Gasteiger partial charge in [-0.2, -0.15) is 0 Å². The maximum Gasteiger partial charge on any atom is 0.273 e. The van der Waals surface area contributed by atoms with Gasteiger partial charge >= 0.3 is 0 Å². The van der Waals surface area contributed by atoms with Crippen LogP contribution in [0.25, 0.3) is 0 Å². The zero-order valence-electron chi connectivity index (χ0n) is 15.9. The molecule has 0 aromatic heterocycles. The van der Waals surface area contributed by atoms with E-state index in [0.717, 1.165) is 11.1 Å². The van der Waals surface area contributed by atoms with Crippen molar-refractivity contribution < 1.29 is 14.3 Å². The molecule has 2 amide bonds. The molecule has 0 heterocycles. The monoisotopic (exact) mass is 386 g/mol. The smallest absolute Gasteiger partial charge is 0.273 e. The second kappa shape index (κ2) is 9.90. The first kappa shape index (κ1) is 19.9. The van der Waals surface area contributed by atoms with Crippen LogP contribution in [0.2, 0.25) is 0 Å².